The fourth-order valence-electron chi connectivity index (χ4n) is 3.92. The third-order valence-electron chi connectivity index (χ3n) is 6.21. The van der Waals surface area contributed by atoms with Gasteiger partial charge in [0.1, 0.15) is 23.0 Å². The average Bonchev–Trinajstić information content (AvgIpc) is 3.41. The van der Waals surface area contributed by atoms with Crippen LogP contribution in [0, 0.1) is 6.92 Å². The van der Waals surface area contributed by atoms with Crippen LogP contribution in [-0.4, -0.2) is 48.8 Å². The Morgan fingerprint density at radius 2 is 1.97 bits per heavy atom. The lowest BCUT2D eigenvalue weighted by molar-refractivity contribution is -0.141. The third-order valence-corrected chi connectivity index (χ3v) is 6.21. The molecule has 5 rings (SSSR count). The molecule has 1 aliphatic heterocycles. The van der Waals surface area contributed by atoms with Crippen molar-refractivity contribution in [3.05, 3.63) is 64.9 Å². The summed E-state index contributed by atoms with van der Waals surface area (Å²) in [6.45, 7) is 4.04. The molecule has 0 unspecified atom stereocenters. The predicted molar refractivity (Wildman–Crippen MR) is 124 cm³/mol. The Morgan fingerprint density at radius 1 is 1.22 bits per heavy atom. The van der Waals surface area contributed by atoms with E-state index < -0.39 is 17.5 Å². The molecule has 0 bridgehead atoms. The number of rotatable bonds is 6. The van der Waals surface area contributed by atoms with E-state index in [0.717, 1.165) is 11.6 Å². The summed E-state index contributed by atoms with van der Waals surface area (Å²) in [5.74, 6) is 0.869. The number of hydrogen-bond donors (Lipinski definition) is 3. The van der Waals surface area contributed by atoms with Gasteiger partial charge in [0, 0.05) is 25.4 Å². The molecule has 13 heteroatoms. The van der Waals surface area contributed by atoms with E-state index in [2.05, 4.69) is 30.7 Å². The normalized spacial score (nSPS) is 18.1. The number of amides is 1. The summed E-state index contributed by atoms with van der Waals surface area (Å²) in [6, 6.07) is 1.83. The molecule has 1 amide bonds. The first-order valence-electron chi connectivity index (χ1n) is 11.1. The number of anilines is 3. The molecule has 0 spiro atoms. The zero-order chi connectivity index (χ0) is 25.8. The number of aryl methyl sites for hydroxylation is 1. The van der Waals surface area contributed by atoms with Crippen molar-refractivity contribution in [2.75, 3.05) is 22.6 Å². The van der Waals surface area contributed by atoms with Gasteiger partial charge in [-0.05, 0) is 37.6 Å². The topological polar surface area (TPSA) is 121 Å². The van der Waals surface area contributed by atoms with Crippen molar-refractivity contribution in [1.29, 1.82) is 0 Å². The highest BCUT2D eigenvalue weighted by atomic mass is 19.4. The lowest BCUT2D eigenvalue weighted by atomic mass is 10.1. The van der Waals surface area contributed by atoms with Crippen LogP contribution < -0.4 is 15.5 Å². The van der Waals surface area contributed by atoms with E-state index in [4.69, 9.17) is 0 Å². The molecule has 188 valence electrons. The van der Waals surface area contributed by atoms with Crippen LogP contribution in [0.3, 0.4) is 0 Å². The molecule has 0 saturated carbocycles. The van der Waals surface area contributed by atoms with E-state index in [1.807, 2.05) is 0 Å². The van der Waals surface area contributed by atoms with Gasteiger partial charge in [-0.25, -0.2) is 9.97 Å². The molecule has 3 N–H and O–H groups in total. The molecular weight excluding hydrogens is 477 g/mol. The lowest BCUT2D eigenvalue weighted by Crippen LogP contribution is -2.44. The fraction of sp³-hybridized carbons (Fsp3) is 0.348. The maximum absolute atomic E-state index is 13.1. The molecule has 0 aromatic carbocycles. The summed E-state index contributed by atoms with van der Waals surface area (Å²) < 4.78 is 40.9. The summed E-state index contributed by atoms with van der Waals surface area (Å²) in [4.78, 5) is 26.5. The molecule has 0 saturated heterocycles. The number of carbonyl (C=O) groups is 1. The molecule has 1 atom stereocenters. The molecule has 36 heavy (non-hydrogen) atoms. The van der Waals surface area contributed by atoms with Gasteiger partial charge < -0.3 is 20.6 Å². The summed E-state index contributed by atoms with van der Waals surface area (Å²) in [6.07, 6.45) is 1.52. The summed E-state index contributed by atoms with van der Waals surface area (Å²) in [5, 5.41) is 20.7. The zero-order valence-electron chi connectivity index (χ0n) is 19.6. The van der Waals surface area contributed by atoms with Gasteiger partial charge in [0.05, 0.1) is 24.1 Å². The first-order chi connectivity index (χ1) is 16.9. The van der Waals surface area contributed by atoms with Crippen molar-refractivity contribution in [2.45, 2.75) is 44.8 Å². The van der Waals surface area contributed by atoms with Crippen molar-refractivity contribution < 1.29 is 23.1 Å². The second-order valence-electron chi connectivity index (χ2n) is 8.87. The number of halogens is 3. The second kappa shape index (κ2) is 8.29. The number of likely N-dealkylation sites (N-methyl/N-ethyl adjacent to an activating group) is 1. The van der Waals surface area contributed by atoms with Crippen LogP contribution in [0.2, 0.25) is 0 Å². The third kappa shape index (κ3) is 4.37. The van der Waals surface area contributed by atoms with E-state index >= 15 is 0 Å². The maximum Gasteiger partial charge on any atom is 0.433 e. The second-order valence-corrected chi connectivity index (χ2v) is 8.87. The molecule has 2 aliphatic rings. The standard InChI is InChI=1S/C23H23F3N8O2/c1-12-17-19(33(3)13(2)20(35)31-17)32-21(29-12)27-8-14-9-28-34(10-14)11-15-4-5-16(23(24,25)26)30-18(15)22(36)6-7-22/h4-7,9-10,13,36H,8,11H2,1-3H3,(H,31,35)(H,27,29,32)/t13-/m0/s1. The highest BCUT2D eigenvalue weighted by molar-refractivity contribution is 6.03. The average molecular weight is 500 g/mol. The van der Waals surface area contributed by atoms with Crippen LogP contribution in [0.4, 0.5) is 30.6 Å². The van der Waals surface area contributed by atoms with Gasteiger partial charge in [-0.2, -0.15) is 23.3 Å². The van der Waals surface area contributed by atoms with Gasteiger partial charge in [0.25, 0.3) is 0 Å². The summed E-state index contributed by atoms with van der Waals surface area (Å²) in [5.41, 5.74) is -0.282. The van der Waals surface area contributed by atoms with Gasteiger partial charge in [-0.15, -0.1) is 0 Å². The van der Waals surface area contributed by atoms with E-state index in [1.54, 1.807) is 42.9 Å². The smallest absolute Gasteiger partial charge is 0.376 e. The van der Waals surface area contributed by atoms with E-state index in [-0.39, 0.29) is 24.2 Å². The van der Waals surface area contributed by atoms with Crippen LogP contribution in [-0.2, 0) is 29.7 Å². The highest BCUT2D eigenvalue weighted by Gasteiger charge is 2.40. The number of nitrogens with one attached hydrogen (secondary N) is 2. The van der Waals surface area contributed by atoms with Crippen LogP contribution in [0.5, 0.6) is 0 Å². The Kier molecular flexibility index (Phi) is 5.47. The predicted octanol–water partition coefficient (Wildman–Crippen LogP) is 2.59. The molecule has 3 aromatic rings. The first-order valence-corrected chi connectivity index (χ1v) is 11.1. The molecule has 1 aliphatic carbocycles. The number of hydrogen-bond acceptors (Lipinski definition) is 8. The largest absolute Gasteiger partial charge is 0.433 e. The Labute approximate surface area is 203 Å². The molecular formula is C23H23F3N8O2. The Balaban J connectivity index is 1.31. The SMILES string of the molecule is Cc1nc(NCc2cnn(Cc3ccc(C(F)(F)F)nc3C3(O)C=C3)c2)nc2c1NC(=O)[C@H](C)N2C. The first kappa shape index (κ1) is 23.7. The number of alkyl halides is 3. The zero-order valence-corrected chi connectivity index (χ0v) is 19.6. The van der Waals surface area contributed by atoms with Crippen molar-refractivity contribution in [3.63, 3.8) is 0 Å². The molecule has 10 nitrogen and oxygen atoms in total. The number of fused-ring (bicyclic) bond motifs is 1. The van der Waals surface area contributed by atoms with Gasteiger partial charge in [-0.1, -0.05) is 6.07 Å². The Hall–Kier alpha value is -4.00. The summed E-state index contributed by atoms with van der Waals surface area (Å²) >= 11 is 0. The van der Waals surface area contributed by atoms with Crippen molar-refractivity contribution in [1.82, 2.24) is 24.7 Å². The van der Waals surface area contributed by atoms with Gasteiger partial charge in [0.2, 0.25) is 11.9 Å². The minimum atomic E-state index is -4.61. The van der Waals surface area contributed by atoms with E-state index in [1.165, 1.54) is 18.2 Å². The van der Waals surface area contributed by atoms with Crippen molar-refractivity contribution in [2.24, 2.45) is 0 Å². The van der Waals surface area contributed by atoms with Crippen molar-refractivity contribution in [3.8, 4) is 0 Å². The van der Waals surface area contributed by atoms with Gasteiger partial charge >= 0.3 is 6.18 Å². The van der Waals surface area contributed by atoms with E-state index in [0.29, 0.717) is 35.3 Å². The quantitative estimate of drug-likeness (QED) is 0.442. The molecule has 4 heterocycles. The molecule has 3 aromatic heterocycles. The fourth-order valence-corrected chi connectivity index (χ4v) is 3.92. The highest BCUT2D eigenvalue weighted by Crippen LogP contribution is 2.38. The lowest BCUT2D eigenvalue weighted by Gasteiger charge is -2.32. The van der Waals surface area contributed by atoms with Crippen molar-refractivity contribution >= 4 is 23.4 Å². The van der Waals surface area contributed by atoms with Gasteiger partial charge in [-0.3, -0.25) is 9.48 Å². The number of aromatic nitrogens is 5. The van der Waals surface area contributed by atoms with Crippen LogP contribution >= 0.6 is 0 Å². The number of nitrogens with zero attached hydrogens (tertiary/aromatic N) is 6. The maximum atomic E-state index is 13.1. The number of pyridine rings is 1. The van der Waals surface area contributed by atoms with Crippen LogP contribution in [0.15, 0.2) is 36.7 Å². The number of aliphatic hydroxyl groups is 1. The Bertz CT molecular complexity index is 1380. The monoisotopic (exact) mass is 500 g/mol. The molecule has 0 fully saturated rings. The molecule has 0 radical (unpaired) electrons. The number of carbonyl (C=O) groups excluding carboxylic acids is 1. The minimum absolute atomic E-state index is 0.0594. The van der Waals surface area contributed by atoms with Crippen LogP contribution in [0.25, 0.3) is 0 Å². The van der Waals surface area contributed by atoms with Crippen LogP contribution in [0.1, 0.15) is 35.1 Å². The Morgan fingerprint density at radius 3 is 2.67 bits per heavy atom. The van der Waals surface area contributed by atoms with E-state index in [9.17, 15) is 23.1 Å². The minimum Gasteiger partial charge on any atom is -0.376 e. The van der Waals surface area contributed by atoms with Gasteiger partial charge in [0.15, 0.2) is 5.82 Å². The summed E-state index contributed by atoms with van der Waals surface area (Å²) in [7, 11) is 1.79.